The van der Waals surface area contributed by atoms with Gasteiger partial charge < -0.3 is 0 Å². The fourth-order valence-electron chi connectivity index (χ4n) is 0. The Balaban J connectivity index is -0.0000000232. The number of halogens is 6. The molecule has 432 valence electrons. The van der Waals surface area contributed by atoms with Crippen molar-refractivity contribution in [2.24, 2.45) is 0 Å². The number of hydrogen-bond acceptors (Lipinski definition) is 6. The molecule has 0 fully saturated rings. The molecule has 18 nitrogen and oxygen atoms in total. The molecule has 0 unspecified atom stereocenters. The van der Waals surface area contributed by atoms with Gasteiger partial charge in [0.05, 0.1) is 0 Å². The van der Waals surface area contributed by atoms with E-state index in [1.54, 1.807) is 0 Å². The Morgan fingerprint density at radius 3 is 0.182 bits per heavy atom. The highest BCUT2D eigenvalue weighted by Crippen LogP contribution is 2.37. The normalized spacial score (nSPS) is 8.64. The first-order valence-electron chi connectivity index (χ1n) is 16.5. The average Bonchev–Trinajstić information content (AvgIpc) is 2.97. The highest BCUT2D eigenvalue weighted by molar-refractivity contribution is 7.47. The largest absolute Gasteiger partial charge is 0.507 e. The van der Waals surface area contributed by atoms with Gasteiger partial charge in [0.25, 0.3) is 0 Å². The van der Waals surface area contributed by atoms with Crippen molar-refractivity contribution >= 4 is 150 Å². The van der Waals surface area contributed by atoms with Crippen LogP contribution in [0.1, 0.15) is 0 Å². The molecule has 0 aromatic heterocycles. The highest BCUT2D eigenvalue weighted by atomic mass is 31.2. The van der Waals surface area contributed by atoms with E-state index in [9.17, 15) is 25.2 Å². The maximum absolute atomic E-state index is 10.4. The second kappa shape index (κ2) is 119. The van der Waals surface area contributed by atoms with Crippen LogP contribution in [-0.2, 0) is 27.4 Å². The van der Waals surface area contributed by atoms with Crippen molar-refractivity contribution in [3.8, 4) is 0 Å². The molecule has 0 heterocycles. The highest BCUT2D eigenvalue weighted by Gasteiger charge is 2.07. The van der Waals surface area contributed by atoms with Crippen LogP contribution in [0.25, 0.3) is 0 Å². The van der Waals surface area contributed by atoms with Crippen molar-refractivity contribution < 1.29 is 111 Å². The Bertz CT molecular complexity index is 692. The van der Waals surface area contributed by atoms with E-state index in [2.05, 4.69) is 160 Å². The van der Waals surface area contributed by atoms with Crippen LogP contribution in [0.5, 0.6) is 0 Å². The van der Waals surface area contributed by atoms with Gasteiger partial charge in [-0.25, -0.2) is 27.4 Å². The van der Waals surface area contributed by atoms with Crippen molar-refractivity contribution in [1.82, 2.24) is 0 Å². The lowest BCUT2D eigenvalue weighted by molar-refractivity contribution is 0.320. The molecule has 12 N–H and O–H groups in total. The number of hydrogen-bond donors (Lipinski definition) is 12. The number of rotatable bonds is 0. The molecule has 66 heavy (non-hydrogen) atoms. The zero-order chi connectivity index (χ0) is 59.5. The van der Waals surface area contributed by atoms with Gasteiger partial charge >= 0.3 is 47.4 Å². The molecular formula is C24H96F6O18P18. The summed E-state index contributed by atoms with van der Waals surface area (Å²) in [5, 5.41) is 0. The van der Waals surface area contributed by atoms with Crippen molar-refractivity contribution in [3.63, 3.8) is 0 Å². The third-order valence-electron chi connectivity index (χ3n) is 0. The molecule has 0 rings (SSSR count). The molecule has 0 saturated heterocycles. The Morgan fingerprint density at radius 1 is 0.182 bits per heavy atom. The molecule has 42 heteroatoms. The van der Waals surface area contributed by atoms with Crippen LogP contribution in [-0.4, -0.2) is 219 Å². The predicted molar refractivity (Wildman–Crippen MR) is 321 cm³/mol. The minimum atomic E-state index is -5.14. The summed E-state index contributed by atoms with van der Waals surface area (Å²) in [4.78, 5) is 83.6. The summed E-state index contributed by atoms with van der Waals surface area (Å²) >= 11 is 0. The van der Waals surface area contributed by atoms with E-state index >= 15 is 0 Å². The van der Waals surface area contributed by atoms with Gasteiger partial charge in [0, 0.05) is 0 Å². The van der Waals surface area contributed by atoms with Crippen molar-refractivity contribution in [2.75, 3.05) is 160 Å². The third-order valence-corrected chi connectivity index (χ3v) is 0. The van der Waals surface area contributed by atoms with Crippen LogP contribution in [0, 0.1) is 0 Å². The van der Waals surface area contributed by atoms with Gasteiger partial charge in [0.15, 0.2) is 0 Å². The summed E-state index contributed by atoms with van der Waals surface area (Å²) in [6.45, 7) is 51.7. The Kier molecular flexibility index (Phi) is 224. The molecule has 0 aliphatic heterocycles. The van der Waals surface area contributed by atoms with E-state index in [4.69, 9.17) is 86.1 Å². The Hall–Kier alpha value is 5.64. The summed E-state index contributed by atoms with van der Waals surface area (Å²) in [7, 11) is -17.8. The summed E-state index contributed by atoms with van der Waals surface area (Å²) in [5.74, 6) is 0. The van der Waals surface area contributed by atoms with E-state index in [0.29, 0.717) is 0 Å². The maximum atomic E-state index is 10.4. The van der Waals surface area contributed by atoms with Gasteiger partial charge in [0.1, 0.15) is 0 Å². The minimum absolute atomic E-state index is 1.08. The molecule has 0 radical (unpaired) electrons. The van der Waals surface area contributed by atoms with Crippen LogP contribution >= 0.6 is 150 Å². The van der Waals surface area contributed by atoms with Crippen LogP contribution in [0.4, 0.5) is 25.2 Å². The van der Waals surface area contributed by atoms with Gasteiger partial charge in [-0.2, -0.15) is 0 Å². The maximum Gasteiger partial charge on any atom is 0.507 e. The Labute approximate surface area is 419 Å². The molecule has 0 aromatic rings. The van der Waals surface area contributed by atoms with Crippen LogP contribution in [0.2, 0.25) is 0 Å². The van der Waals surface area contributed by atoms with Crippen molar-refractivity contribution in [3.05, 3.63) is 0 Å². The van der Waals surface area contributed by atoms with E-state index in [-0.39, 0.29) is 0 Å². The lowest BCUT2D eigenvalue weighted by atomic mass is 11.9. The second-order valence-corrected chi connectivity index (χ2v) is 26.5. The van der Waals surface area contributed by atoms with Gasteiger partial charge in [-0.05, 0) is 160 Å². The zero-order valence-corrected chi connectivity index (χ0v) is 60.1. The molecule has 0 spiro atoms. The molecule has 0 saturated carbocycles. The van der Waals surface area contributed by atoms with Gasteiger partial charge in [0.2, 0.25) is 0 Å². The first kappa shape index (κ1) is 124. The van der Waals surface area contributed by atoms with Crippen molar-refractivity contribution in [2.45, 2.75) is 0 Å². The first-order chi connectivity index (χ1) is 29.0. The monoisotopic (exact) mass is 1340 g/mol. The third kappa shape index (κ3) is 10300. The van der Waals surface area contributed by atoms with E-state index in [1.165, 1.54) is 0 Å². The second-order valence-electron chi connectivity index (χ2n) is 8.84. The SMILES string of the molecule is CPC.CPC.CPC.CPC.CPC.CPC.CPC.CPC.CPC.CPC.CPC.CPC.O=P(O)(O)F.O=P(O)(O)F.O=P(O)(O)F.O=P(O)(O)F.O=P(O)(O)F.O=P(O)(O)F. The van der Waals surface area contributed by atoms with Crippen LogP contribution < -0.4 is 0 Å². The summed E-state index contributed by atoms with van der Waals surface area (Å²) in [6.07, 6.45) is 0. The van der Waals surface area contributed by atoms with Gasteiger partial charge in [-0.1, -0.05) is 0 Å². The molecule has 0 aromatic carbocycles. The molecule has 0 atom stereocenters. The quantitative estimate of drug-likeness (QED) is 0.0792. The van der Waals surface area contributed by atoms with Crippen LogP contribution in [0.15, 0.2) is 0 Å². The molecule has 0 aliphatic carbocycles. The first-order valence-corrected chi connectivity index (χ1v) is 49.5. The predicted octanol–water partition coefficient (Wildman–Crippen LogP) is 11.4. The smallest absolute Gasteiger partial charge is 0.299 e. The Morgan fingerprint density at radius 2 is 0.182 bits per heavy atom. The summed E-state index contributed by atoms with van der Waals surface area (Å²) in [6, 6.07) is 0. The summed E-state index contributed by atoms with van der Waals surface area (Å²) in [5.41, 5.74) is 0. The standard InChI is InChI=1S/12C2H7P.6FH2O3P/c12*1-3-2;6*1-5(2,3)4/h12*3H,1-2H3;6*(H2,2,3,4). The lowest BCUT2D eigenvalue weighted by Crippen LogP contribution is -1.56. The van der Waals surface area contributed by atoms with E-state index < -0.39 is 47.4 Å². The molecule has 0 aliphatic rings. The molecule has 0 bridgehead atoms. The lowest BCUT2D eigenvalue weighted by Gasteiger charge is -1.78. The topological polar surface area (TPSA) is 345 Å². The fourth-order valence-corrected chi connectivity index (χ4v) is 0. The van der Waals surface area contributed by atoms with E-state index in [1.807, 2.05) is 0 Å². The van der Waals surface area contributed by atoms with E-state index in [0.717, 1.165) is 103 Å². The minimum Gasteiger partial charge on any atom is -0.299 e. The zero-order valence-electron chi connectivity index (χ0n) is 42.8. The van der Waals surface area contributed by atoms with Gasteiger partial charge in [-0.3, -0.25) is 58.7 Å². The van der Waals surface area contributed by atoms with Gasteiger partial charge in [-0.15, -0.1) is 128 Å². The fraction of sp³-hybridized carbons (Fsp3) is 1.00. The van der Waals surface area contributed by atoms with Crippen LogP contribution in [0.3, 0.4) is 0 Å². The average molecular weight is 1340 g/mol. The summed E-state index contributed by atoms with van der Waals surface area (Å²) < 4.78 is 114. The molecule has 0 amide bonds. The molecular weight excluding hydrogens is 1250 g/mol. The van der Waals surface area contributed by atoms with Crippen molar-refractivity contribution in [1.29, 1.82) is 0 Å².